The van der Waals surface area contributed by atoms with Crippen molar-refractivity contribution >= 4 is 39.8 Å². The molecule has 0 amide bonds. The molecular formula is C19H32IN3O2S. The standard InChI is InChI=1S/C19H31N3O2S.HI/c1-7-20-17(22-14-18(2,3)19(22,4)5)21-12-15-8-10-16(11-9-15)13-25(6,23)24;/h8-11H,7,12-14H2,1-6H3,(H,20,21);1H. The molecule has 1 fully saturated rings. The van der Waals surface area contributed by atoms with Crippen molar-refractivity contribution in [3.05, 3.63) is 35.4 Å². The Hall–Kier alpha value is -0.830. The summed E-state index contributed by atoms with van der Waals surface area (Å²) in [5.74, 6) is 1.02. The largest absolute Gasteiger partial charge is 0.356 e. The number of halogens is 1. The second-order valence-corrected chi connectivity index (χ2v) is 10.2. The molecule has 0 aliphatic carbocycles. The molecule has 2 rings (SSSR count). The van der Waals surface area contributed by atoms with Crippen molar-refractivity contribution in [1.82, 2.24) is 10.2 Å². The highest BCUT2D eigenvalue weighted by molar-refractivity contribution is 14.0. The minimum absolute atomic E-state index is 0. The number of hydrogen-bond donors (Lipinski definition) is 1. The molecule has 0 atom stereocenters. The molecule has 1 aliphatic rings. The maximum absolute atomic E-state index is 11.4. The molecule has 0 aromatic heterocycles. The van der Waals surface area contributed by atoms with Crippen molar-refractivity contribution in [2.45, 2.75) is 52.5 Å². The zero-order valence-electron chi connectivity index (χ0n) is 16.7. The van der Waals surface area contributed by atoms with Crippen LogP contribution in [0, 0.1) is 5.41 Å². The molecule has 0 spiro atoms. The van der Waals surface area contributed by atoms with E-state index in [9.17, 15) is 8.42 Å². The molecule has 7 heteroatoms. The number of hydrogen-bond acceptors (Lipinski definition) is 3. The van der Waals surface area contributed by atoms with E-state index in [1.807, 2.05) is 24.3 Å². The summed E-state index contributed by atoms with van der Waals surface area (Å²) < 4.78 is 22.7. The van der Waals surface area contributed by atoms with Crippen molar-refractivity contribution in [2.24, 2.45) is 10.4 Å². The van der Waals surface area contributed by atoms with E-state index in [0.29, 0.717) is 6.54 Å². The summed E-state index contributed by atoms with van der Waals surface area (Å²) in [6.45, 7) is 13.5. The van der Waals surface area contributed by atoms with Crippen LogP contribution in [-0.2, 0) is 22.1 Å². The van der Waals surface area contributed by atoms with Gasteiger partial charge in [0, 0.05) is 30.3 Å². The van der Waals surface area contributed by atoms with E-state index in [4.69, 9.17) is 4.99 Å². The Bertz CT molecular complexity index is 741. The molecule has 1 saturated heterocycles. The number of rotatable bonds is 5. The van der Waals surface area contributed by atoms with Crippen molar-refractivity contribution in [3.63, 3.8) is 0 Å². The molecule has 5 nitrogen and oxygen atoms in total. The van der Waals surface area contributed by atoms with E-state index in [1.54, 1.807) is 0 Å². The van der Waals surface area contributed by atoms with Crippen LogP contribution in [0.2, 0.25) is 0 Å². The van der Waals surface area contributed by atoms with Gasteiger partial charge >= 0.3 is 0 Å². The Balaban J connectivity index is 0.00000338. The lowest BCUT2D eigenvalue weighted by atomic mass is 9.65. The zero-order valence-corrected chi connectivity index (χ0v) is 19.8. The highest BCUT2D eigenvalue weighted by atomic mass is 127. The average Bonchev–Trinajstić information content (AvgIpc) is 2.49. The molecule has 148 valence electrons. The molecule has 0 saturated carbocycles. The summed E-state index contributed by atoms with van der Waals surface area (Å²) in [6.07, 6.45) is 1.25. The fourth-order valence-corrected chi connectivity index (χ4v) is 3.80. The van der Waals surface area contributed by atoms with Crippen LogP contribution in [0.25, 0.3) is 0 Å². The highest BCUT2D eigenvalue weighted by Gasteiger charge is 2.53. The fraction of sp³-hybridized carbons (Fsp3) is 0.632. The van der Waals surface area contributed by atoms with Gasteiger partial charge in [-0.1, -0.05) is 38.1 Å². The molecule has 1 N–H and O–H groups in total. The van der Waals surface area contributed by atoms with Crippen LogP contribution in [-0.4, -0.2) is 44.2 Å². The summed E-state index contributed by atoms with van der Waals surface area (Å²) in [7, 11) is -3.00. The van der Waals surface area contributed by atoms with Gasteiger partial charge in [0.25, 0.3) is 0 Å². The summed E-state index contributed by atoms with van der Waals surface area (Å²) in [4.78, 5) is 7.11. The van der Waals surface area contributed by atoms with Gasteiger partial charge in [-0.2, -0.15) is 0 Å². The van der Waals surface area contributed by atoms with Crippen LogP contribution in [0.15, 0.2) is 29.3 Å². The molecule has 1 heterocycles. The Kier molecular flexibility index (Phi) is 7.55. The van der Waals surface area contributed by atoms with Crippen molar-refractivity contribution in [1.29, 1.82) is 0 Å². The number of nitrogens with zero attached hydrogens (tertiary/aromatic N) is 2. The van der Waals surface area contributed by atoms with Crippen molar-refractivity contribution in [3.8, 4) is 0 Å². The molecular weight excluding hydrogens is 461 g/mol. The molecule has 26 heavy (non-hydrogen) atoms. The summed E-state index contributed by atoms with van der Waals surface area (Å²) >= 11 is 0. The fourth-order valence-electron chi connectivity index (χ4n) is 3.00. The molecule has 1 aromatic carbocycles. The first kappa shape index (κ1) is 23.2. The van der Waals surface area contributed by atoms with Gasteiger partial charge in [-0.3, -0.25) is 0 Å². The number of sulfone groups is 1. The van der Waals surface area contributed by atoms with Gasteiger partial charge in [0.1, 0.15) is 0 Å². The number of nitrogens with one attached hydrogen (secondary N) is 1. The Morgan fingerprint density at radius 3 is 2.12 bits per heavy atom. The SMILES string of the molecule is CCNC(=NCc1ccc(CS(C)(=O)=O)cc1)N1CC(C)(C)C1(C)C.I. The van der Waals surface area contributed by atoms with Crippen LogP contribution in [0.3, 0.4) is 0 Å². The Morgan fingerprint density at radius 2 is 1.69 bits per heavy atom. The highest BCUT2D eigenvalue weighted by Crippen LogP contribution is 2.46. The van der Waals surface area contributed by atoms with Crippen LogP contribution in [0.5, 0.6) is 0 Å². The average molecular weight is 493 g/mol. The second kappa shape index (κ2) is 8.46. The lowest BCUT2D eigenvalue weighted by Gasteiger charge is -2.62. The molecule has 0 bridgehead atoms. The first-order chi connectivity index (χ1) is 11.5. The van der Waals surface area contributed by atoms with E-state index < -0.39 is 9.84 Å². The minimum atomic E-state index is -3.00. The normalized spacial score (nSPS) is 18.7. The third-order valence-electron chi connectivity index (χ3n) is 5.34. The summed E-state index contributed by atoms with van der Waals surface area (Å²) in [6, 6.07) is 7.66. The predicted molar refractivity (Wildman–Crippen MR) is 120 cm³/mol. The number of likely N-dealkylation sites (tertiary alicyclic amines) is 1. The monoisotopic (exact) mass is 493 g/mol. The van der Waals surface area contributed by atoms with Gasteiger partial charge in [0.15, 0.2) is 15.8 Å². The minimum Gasteiger partial charge on any atom is -0.356 e. The van der Waals surface area contributed by atoms with E-state index >= 15 is 0 Å². The lowest BCUT2D eigenvalue weighted by molar-refractivity contribution is -0.0667. The van der Waals surface area contributed by atoms with E-state index in [2.05, 4.69) is 44.8 Å². The van der Waals surface area contributed by atoms with E-state index in [1.165, 1.54) is 6.26 Å². The number of aliphatic imine (C=N–C) groups is 1. The van der Waals surface area contributed by atoms with Gasteiger partial charge in [-0.05, 0) is 31.9 Å². The molecule has 0 unspecified atom stereocenters. The number of guanidine groups is 1. The van der Waals surface area contributed by atoms with Crippen molar-refractivity contribution in [2.75, 3.05) is 19.3 Å². The van der Waals surface area contributed by atoms with Crippen LogP contribution in [0.4, 0.5) is 0 Å². The van der Waals surface area contributed by atoms with Crippen LogP contribution < -0.4 is 5.32 Å². The Morgan fingerprint density at radius 1 is 1.15 bits per heavy atom. The van der Waals surface area contributed by atoms with Gasteiger partial charge in [0.05, 0.1) is 12.3 Å². The maximum Gasteiger partial charge on any atom is 0.194 e. The third kappa shape index (κ3) is 5.34. The lowest BCUT2D eigenvalue weighted by Crippen LogP contribution is -2.72. The quantitative estimate of drug-likeness (QED) is 0.388. The molecule has 0 radical (unpaired) electrons. The summed E-state index contributed by atoms with van der Waals surface area (Å²) in [5.41, 5.74) is 2.21. The molecule has 1 aliphatic heterocycles. The van der Waals surface area contributed by atoms with Crippen molar-refractivity contribution < 1.29 is 8.42 Å². The molecule has 1 aromatic rings. The van der Waals surface area contributed by atoms with Gasteiger partial charge in [-0.15, -0.1) is 24.0 Å². The van der Waals surface area contributed by atoms with E-state index in [0.717, 1.165) is 30.2 Å². The topological polar surface area (TPSA) is 61.8 Å². The van der Waals surface area contributed by atoms with Gasteiger partial charge in [0.2, 0.25) is 0 Å². The van der Waals surface area contributed by atoms with Gasteiger partial charge < -0.3 is 10.2 Å². The zero-order chi connectivity index (χ0) is 18.9. The Labute approximate surface area is 175 Å². The smallest absolute Gasteiger partial charge is 0.194 e. The maximum atomic E-state index is 11.4. The van der Waals surface area contributed by atoms with E-state index in [-0.39, 0.29) is 40.7 Å². The predicted octanol–water partition coefficient (Wildman–Crippen LogP) is 3.44. The third-order valence-corrected chi connectivity index (χ3v) is 6.20. The first-order valence-corrected chi connectivity index (χ1v) is 10.8. The first-order valence-electron chi connectivity index (χ1n) is 8.78. The van der Waals surface area contributed by atoms with Crippen LogP contribution in [0.1, 0.15) is 45.7 Å². The van der Waals surface area contributed by atoms with Crippen LogP contribution >= 0.6 is 24.0 Å². The number of benzene rings is 1. The van der Waals surface area contributed by atoms with Gasteiger partial charge in [-0.25, -0.2) is 13.4 Å². The summed E-state index contributed by atoms with van der Waals surface area (Å²) in [5, 5.41) is 3.39. The second-order valence-electron chi connectivity index (χ2n) is 8.09.